The van der Waals surface area contributed by atoms with Crippen molar-refractivity contribution in [3.8, 4) is 22.8 Å². The molecule has 156 valence electrons. The summed E-state index contributed by atoms with van der Waals surface area (Å²) in [5.41, 5.74) is 0.590. The number of aromatic nitrogens is 1. The third-order valence-electron chi connectivity index (χ3n) is 4.56. The minimum absolute atomic E-state index is 0.112. The summed E-state index contributed by atoms with van der Waals surface area (Å²) in [6, 6.07) is 11.9. The van der Waals surface area contributed by atoms with E-state index in [2.05, 4.69) is 5.16 Å². The standard InChI is InChI=1S/C21H21N3O6/c1-4-23(5-2)20-13-19(30-22-20)17-11-10-16(28-3)12-18(17)29-21(25)14-6-8-15(9-7-14)24(26)27/h6-13H,4-5H2,1-3H3. The highest BCUT2D eigenvalue weighted by molar-refractivity contribution is 5.92. The van der Waals surface area contributed by atoms with Crippen LogP contribution in [-0.4, -0.2) is 36.2 Å². The second-order valence-corrected chi connectivity index (χ2v) is 6.28. The number of anilines is 1. The van der Waals surface area contributed by atoms with Crippen LogP contribution in [0.15, 0.2) is 53.1 Å². The van der Waals surface area contributed by atoms with Crippen molar-refractivity contribution in [2.75, 3.05) is 25.1 Å². The molecule has 3 rings (SSSR count). The Morgan fingerprint density at radius 1 is 1.13 bits per heavy atom. The fourth-order valence-corrected chi connectivity index (χ4v) is 2.89. The average Bonchev–Trinajstić information content (AvgIpc) is 3.24. The van der Waals surface area contributed by atoms with Gasteiger partial charge in [-0.2, -0.15) is 0 Å². The summed E-state index contributed by atoms with van der Waals surface area (Å²) >= 11 is 0. The summed E-state index contributed by atoms with van der Waals surface area (Å²) in [5.74, 6) is 1.17. The first-order chi connectivity index (χ1) is 14.5. The van der Waals surface area contributed by atoms with Crippen LogP contribution < -0.4 is 14.4 Å². The van der Waals surface area contributed by atoms with Gasteiger partial charge >= 0.3 is 5.97 Å². The maximum absolute atomic E-state index is 12.6. The van der Waals surface area contributed by atoms with Gasteiger partial charge in [-0.05, 0) is 38.1 Å². The van der Waals surface area contributed by atoms with Gasteiger partial charge in [0.2, 0.25) is 0 Å². The largest absolute Gasteiger partial charge is 0.497 e. The van der Waals surface area contributed by atoms with Crippen molar-refractivity contribution in [3.63, 3.8) is 0 Å². The van der Waals surface area contributed by atoms with Gasteiger partial charge in [0.05, 0.1) is 23.2 Å². The Bertz CT molecular complexity index is 1040. The third-order valence-corrected chi connectivity index (χ3v) is 4.56. The van der Waals surface area contributed by atoms with E-state index in [1.165, 1.54) is 31.4 Å². The number of ether oxygens (including phenoxy) is 2. The topological polar surface area (TPSA) is 108 Å². The molecule has 0 aliphatic rings. The minimum Gasteiger partial charge on any atom is -0.497 e. The first kappa shape index (κ1) is 20.8. The second kappa shape index (κ2) is 9.08. The molecule has 0 radical (unpaired) electrons. The molecule has 3 aromatic rings. The van der Waals surface area contributed by atoms with Crippen molar-refractivity contribution in [1.29, 1.82) is 0 Å². The Kier molecular flexibility index (Phi) is 6.31. The monoisotopic (exact) mass is 411 g/mol. The molecular weight excluding hydrogens is 390 g/mol. The highest BCUT2D eigenvalue weighted by Gasteiger charge is 2.19. The van der Waals surface area contributed by atoms with Gasteiger partial charge in [0, 0.05) is 37.4 Å². The molecule has 1 aromatic heterocycles. The summed E-state index contributed by atoms with van der Waals surface area (Å²) in [6.07, 6.45) is 0. The first-order valence-corrected chi connectivity index (χ1v) is 9.33. The van der Waals surface area contributed by atoms with Crippen molar-refractivity contribution >= 4 is 17.5 Å². The average molecular weight is 411 g/mol. The van der Waals surface area contributed by atoms with Crippen LogP contribution in [0.25, 0.3) is 11.3 Å². The summed E-state index contributed by atoms with van der Waals surface area (Å²) in [4.78, 5) is 24.9. The molecule has 9 heteroatoms. The molecule has 9 nitrogen and oxygen atoms in total. The fourth-order valence-electron chi connectivity index (χ4n) is 2.89. The van der Waals surface area contributed by atoms with Crippen LogP contribution in [0.4, 0.5) is 11.5 Å². The van der Waals surface area contributed by atoms with Gasteiger partial charge in [-0.3, -0.25) is 10.1 Å². The van der Waals surface area contributed by atoms with Gasteiger partial charge in [-0.15, -0.1) is 0 Å². The van der Waals surface area contributed by atoms with Crippen LogP contribution in [-0.2, 0) is 0 Å². The lowest BCUT2D eigenvalue weighted by Crippen LogP contribution is -2.21. The van der Waals surface area contributed by atoms with Crippen molar-refractivity contribution in [3.05, 3.63) is 64.2 Å². The van der Waals surface area contributed by atoms with Gasteiger partial charge in [-0.1, -0.05) is 5.16 Å². The quantitative estimate of drug-likeness (QED) is 0.233. The summed E-state index contributed by atoms with van der Waals surface area (Å²) in [7, 11) is 1.50. The Labute approximate surface area is 173 Å². The number of nitro groups is 1. The van der Waals surface area contributed by atoms with Gasteiger partial charge in [0.1, 0.15) is 11.5 Å². The SMILES string of the molecule is CCN(CC)c1cc(-c2ccc(OC)cc2OC(=O)c2ccc([N+](=O)[O-])cc2)on1. The predicted octanol–water partition coefficient (Wildman–Crippen LogP) is 4.32. The van der Waals surface area contributed by atoms with Gasteiger partial charge in [0.15, 0.2) is 11.6 Å². The summed E-state index contributed by atoms with van der Waals surface area (Å²) in [5, 5.41) is 14.9. The van der Waals surface area contributed by atoms with E-state index in [1.807, 2.05) is 18.7 Å². The Morgan fingerprint density at radius 2 is 1.83 bits per heavy atom. The lowest BCUT2D eigenvalue weighted by Gasteiger charge is -2.15. The molecule has 0 atom stereocenters. The minimum atomic E-state index is -0.664. The molecule has 0 amide bonds. The van der Waals surface area contributed by atoms with Gasteiger partial charge in [0.25, 0.3) is 5.69 Å². The van der Waals surface area contributed by atoms with Crippen LogP contribution in [0.3, 0.4) is 0 Å². The predicted molar refractivity (Wildman–Crippen MR) is 110 cm³/mol. The molecular formula is C21H21N3O6. The van der Waals surface area contributed by atoms with E-state index in [4.69, 9.17) is 14.0 Å². The molecule has 0 aliphatic heterocycles. The number of nitrogens with zero attached hydrogens (tertiary/aromatic N) is 3. The van der Waals surface area contributed by atoms with Crippen LogP contribution in [0, 0.1) is 10.1 Å². The van der Waals surface area contributed by atoms with E-state index in [0.717, 1.165) is 13.1 Å². The number of rotatable bonds is 8. The van der Waals surface area contributed by atoms with Crippen LogP contribution in [0.5, 0.6) is 11.5 Å². The zero-order valence-electron chi connectivity index (χ0n) is 16.8. The van der Waals surface area contributed by atoms with Gasteiger partial charge in [-0.25, -0.2) is 4.79 Å². The van der Waals surface area contributed by atoms with E-state index >= 15 is 0 Å². The molecule has 0 unspecified atom stereocenters. The van der Waals surface area contributed by atoms with E-state index in [1.54, 1.807) is 24.3 Å². The number of methoxy groups -OCH3 is 1. The highest BCUT2D eigenvalue weighted by Crippen LogP contribution is 2.35. The number of carbonyl (C=O) groups excluding carboxylic acids is 1. The molecule has 1 heterocycles. The lowest BCUT2D eigenvalue weighted by molar-refractivity contribution is -0.384. The number of carbonyl (C=O) groups is 1. The second-order valence-electron chi connectivity index (χ2n) is 6.28. The van der Waals surface area contributed by atoms with E-state index in [-0.39, 0.29) is 17.0 Å². The maximum atomic E-state index is 12.6. The van der Waals surface area contributed by atoms with Gasteiger partial charge < -0.3 is 18.9 Å². The molecule has 0 N–H and O–H groups in total. The normalized spacial score (nSPS) is 10.5. The van der Waals surface area contributed by atoms with Crippen LogP contribution in [0.1, 0.15) is 24.2 Å². The van der Waals surface area contributed by atoms with Crippen molar-refractivity contribution in [2.24, 2.45) is 0 Å². The molecule has 30 heavy (non-hydrogen) atoms. The molecule has 0 bridgehead atoms. The summed E-state index contributed by atoms with van der Waals surface area (Å²) < 4.78 is 16.3. The van der Waals surface area contributed by atoms with E-state index < -0.39 is 10.9 Å². The smallest absolute Gasteiger partial charge is 0.343 e. The summed E-state index contributed by atoms with van der Waals surface area (Å²) in [6.45, 7) is 5.57. The number of hydrogen-bond acceptors (Lipinski definition) is 8. The zero-order valence-corrected chi connectivity index (χ0v) is 16.8. The third kappa shape index (κ3) is 4.40. The van der Waals surface area contributed by atoms with Crippen molar-refractivity contribution in [2.45, 2.75) is 13.8 Å². The van der Waals surface area contributed by atoms with Crippen LogP contribution in [0.2, 0.25) is 0 Å². The first-order valence-electron chi connectivity index (χ1n) is 9.33. The fraction of sp³-hybridized carbons (Fsp3) is 0.238. The maximum Gasteiger partial charge on any atom is 0.343 e. The highest BCUT2D eigenvalue weighted by atomic mass is 16.6. The van der Waals surface area contributed by atoms with Crippen molar-refractivity contribution in [1.82, 2.24) is 5.16 Å². The number of benzene rings is 2. The molecule has 0 spiro atoms. The number of non-ortho nitro benzene ring substituents is 1. The molecule has 0 saturated heterocycles. The molecule has 0 aliphatic carbocycles. The lowest BCUT2D eigenvalue weighted by atomic mass is 10.1. The molecule has 0 saturated carbocycles. The number of nitro benzene ring substituents is 1. The van der Waals surface area contributed by atoms with E-state index in [0.29, 0.717) is 22.9 Å². The Morgan fingerprint density at radius 3 is 2.43 bits per heavy atom. The Hall–Kier alpha value is -3.88. The molecule has 0 fully saturated rings. The van der Waals surface area contributed by atoms with Crippen LogP contribution >= 0.6 is 0 Å². The zero-order chi connectivity index (χ0) is 21.7. The van der Waals surface area contributed by atoms with E-state index in [9.17, 15) is 14.9 Å². The molecule has 2 aromatic carbocycles. The number of hydrogen-bond donors (Lipinski definition) is 0. The van der Waals surface area contributed by atoms with Crippen molar-refractivity contribution < 1.29 is 23.7 Å². The number of esters is 1. The Balaban J connectivity index is 1.92.